The SMILES string of the molecule is COCCCc1cnc(-c2ccc3nccn3c2)c(N2CCC(C(=O)O)CC2)n1. The van der Waals surface area contributed by atoms with Crippen LogP contribution in [0.4, 0.5) is 5.82 Å². The van der Waals surface area contributed by atoms with Crippen LogP contribution in [0.2, 0.25) is 0 Å². The second-order valence-electron chi connectivity index (χ2n) is 7.34. The molecule has 3 aromatic heterocycles. The molecule has 0 aliphatic carbocycles. The van der Waals surface area contributed by atoms with Crippen LogP contribution in [0.1, 0.15) is 25.0 Å². The molecule has 29 heavy (non-hydrogen) atoms. The Morgan fingerprint density at radius 3 is 2.86 bits per heavy atom. The molecule has 1 N–H and O–H groups in total. The van der Waals surface area contributed by atoms with Crippen LogP contribution in [0, 0.1) is 5.92 Å². The Bertz CT molecular complexity index is 995. The average molecular weight is 395 g/mol. The van der Waals surface area contributed by atoms with Gasteiger partial charge in [-0.2, -0.15) is 0 Å². The molecule has 1 fully saturated rings. The van der Waals surface area contributed by atoms with Crippen LogP contribution < -0.4 is 4.90 Å². The highest BCUT2D eigenvalue weighted by Gasteiger charge is 2.27. The number of rotatable bonds is 7. The van der Waals surface area contributed by atoms with E-state index < -0.39 is 5.97 Å². The Morgan fingerprint density at radius 2 is 2.10 bits per heavy atom. The smallest absolute Gasteiger partial charge is 0.306 e. The summed E-state index contributed by atoms with van der Waals surface area (Å²) in [7, 11) is 1.69. The fraction of sp³-hybridized carbons (Fsp3) is 0.429. The van der Waals surface area contributed by atoms with Gasteiger partial charge in [-0.1, -0.05) is 0 Å². The van der Waals surface area contributed by atoms with Crippen LogP contribution in [0.25, 0.3) is 16.9 Å². The number of carboxylic acids is 1. The number of imidazole rings is 1. The van der Waals surface area contributed by atoms with E-state index in [2.05, 4.69) is 9.88 Å². The van der Waals surface area contributed by atoms with Crippen LogP contribution >= 0.6 is 0 Å². The zero-order chi connectivity index (χ0) is 20.2. The third-order valence-electron chi connectivity index (χ3n) is 5.39. The molecule has 0 saturated carbocycles. The number of ether oxygens (including phenoxy) is 1. The summed E-state index contributed by atoms with van der Waals surface area (Å²) in [6.07, 6.45) is 10.4. The van der Waals surface area contributed by atoms with Gasteiger partial charge in [-0.15, -0.1) is 0 Å². The number of anilines is 1. The van der Waals surface area contributed by atoms with Gasteiger partial charge in [0.05, 0.1) is 11.6 Å². The highest BCUT2D eigenvalue weighted by Crippen LogP contribution is 2.31. The van der Waals surface area contributed by atoms with Gasteiger partial charge >= 0.3 is 5.97 Å². The molecule has 1 saturated heterocycles. The summed E-state index contributed by atoms with van der Waals surface area (Å²) in [5.74, 6) is -0.173. The molecule has 8 nitrogen and oxygen atoms in total. The lowest BCUT2D eigenvalue weighted by Gasteiger charge is -2.32. The lowest BCUT2D eigenvalue weighted by molar-refractivity contribution is -0.142. The van der Waals surface area contributed by atoms with Crippen molar-refractivity contribution in [3.05, 3.63) is 42.6 Å². The van der Waals surface area contributed by atoms with Crippen LogP contribution in [0.3, 0.4) is 0 Å². The molecule has 0 bridgehead atoms. The van der Waals surface area contributed by atoms with Crippen molar-refractivity contribution in [3.8, 4) is 11.3 Å². The zero-order valence-electron chi connectivity index (χ0n) is 16.5. The molecule has 1 aliphatic heterocycles. The molecule has 3 aromatic rings. The van der Waals surface area contributed by atoms with Gasteiger partial charge in [0, 0.05) is 57.2 Å². The third-order valence-corrected chi connectivity index (χ3v) is 5.39. The Labute approximate surface area is 169 Å². The lowest BCUT2D eigenvalue weighted by Crippen LogP contribution is -2.37. The van der Waals surface area contributed by atoms with Gasteiger partial charge < -0.3 is 19.1 Å². The number of aromatic nitrogens is 4. The van der Waals surface area contributed by atoms with E-state index in [0.717, 1.165) is 41.3 Å². The molecule has 0 aromatic carbocycles. The Hall–Kier alpha value is -3.00. The molecule has 0 atom stereocenters. The van der Waals surface area contributed by atoms with Crippen LogP contribution in [0.5, 0.6) is 0 Å². The van der Waals surface area contributed by atoms with Crippen LogP contribution in [-0.4, -0.2) is 57.2 Å². The maximum Gasteiger partial charge on any atom is 0.306 e. The first-order valence-electron chi connectivity index (χ1n) is 9.91. The number of aryl methyl sites for hydroxylation is 1. The van der Waals surface area contributed by atoms with Gasteiger partial charge in [0.15, 0.2) is 5.82 Å². The number of fused-ring (bicyclic) bond motifs is 1. The van der Waals surface area contributed by atoms with Gasteiger partial charge in [0.25, 0.3) is 0 Å². The Morgan fingerprint density at radius 1 is 1.28 bits per heavy atom. The van der Waals surface area contributed by atoms with Gasteiger partial charge in [-0.25, -0.2) is 9.97 Å². The van der Waals surface area contributed by atoms with Gasteiger partial charge in [-0.05, 0) is 37.8 Å². The second-order valence-corrected chi connectivity index (χ2v) is 7.34. The van der Waals surface area contributed by atoms with Crippen molar-refractivity contribution >= 4 is 17.4 Å². The van der Waals surface area contributed by atoms with Gasteiger partial charge in [-0.3, -0.25) is 9.78 Å². The van der Waals surface area contributed by atoms with Gasteiger partial charge in [0.2, 0.25) is 0 Å². The molecule has 0 amide bonds. The predicted octanol–water partition coefficient (Wildman–Crippen LogP) is 2.67. The topological polar surface area (TPSA) is 92.9 Å². The highest BCUT2D eigenvalue weighted by molar-refractivity contribution is 5.74. The first-order valence-corrected chi connectivity index (χ1v) is 9.91. The summed E-state index contributed by atoms with van der Waals surface area (Å²) in [4.78, 5) is 27.5. The third kappa shape index (κ3) is 4.22. The van der Waals surface area contributed by atoms with E-state index in [9.17, 15) is 9.90 Å². The first kappa shape index (κ1) is 19.3. The van der Waals surface area contributed by atoms with Crippen molar-refractivity contribution in [3.63, 3.8) is 0 Å². The minimum absolute atomic E-state index is 0.283. The van der Waals surface area contributed by atoms with E-state index in [1.807, 2.05) is 35.1 Å². The number of carbonyl (C=O) groups is 1. The molecule has 1 aliphatic rings. The number of hydrogen-bond donors (Lipinski definition) is 1. The summed E-state index contributed by atoms with van der Waals surface area (Å²) in [6.45, 7) is 2.00. The van der Waals surface area contributed by atoms with E-state index >= 15 is 0 Å². The number of piperidine rings is 1. The highest BCUT2D eigenvalue weighted by atomic mass is 16.5. The Balaban J connectivity index is 1.67. The number of aliphatic carboxylic acids is 1. The normalized spacial score (nSPS) is 15.1. The molecule has 8 heteroatoms. The summed E-state index contributed by atoms with van der Waals surface area (Å²) in [5.41, 5.74) is 3.57. The quantitative estimate of drug-likeness (QED) is 0.615. The van der Waals surface area contributed by atoms with E-state index in [4.69, 9.17) is 14.7 Å². The minimum atomic E-state index is -0.713. The summed E-state index contributed by atoms with van der Waals surface area (Å²) < 4.78 is 7.11. The fourth-order valence-electron chi connectivity index (χ4n) is 3.76. The van der Waals surface area contributed by atoms with Gasteiger partial charge in [0.1, 0.15) is 11.3 Å². The minimum Gasteiger partial charge on any atom is -0.481 e. The lowest BCUT2D eigenvalue weighted by atomic mass is 9.97. The monoisotopic (exact) mass is 395 g/mol. The number of hydrogen-bond acceptors (Lipinski definition) is 6. The molecule has 4 heterocycles. The van der Waals surface area contributed by atoms with Crippen molar-refractivity contribution in [1.29, 1.82) is 0 Å². The molecule has 0 unspecified atom stereocenters. The number of carboxylic acid groups (broad SMARTS) is 1. The van der Waals surface area contributed by atoms with Crippen molar-refractivity contribution in [2.75, 3.05) is 31.7 Å². The van der Waals surface area contributed by atoms with Crippen LogP contribution in [0.15, 0.2) is 36.9 Å². The van der Waals surface area contributed by atoms with Crippen molar-refractivity contribution in [1.82, 2.24) is 19.4 Å². The number of pyridine rings is 1. The maximum atomic E-state index is 11.3. The van der Waals surface area contributed by atoms with E-state index in [1.54, 1.807) is 13.3 Å². The van der Waals surface area contributed by atoms with Crippen LogP contribution in [-0.2, 0) is 16.0 Å². The molecular weight excluding hydrogens is 370 g/mol. The largest absolute Gasteiger partial charge is 0.481 e. The summed E-state index contributed by atoms with van der Waals surface area (Å²) in [5, 5.41) is 9.31. The molecular formula is C21H25N5O3. The zero-order valence-corrected chi connectivity index (χ0v) is 16.5. The maximum absolute atomic E-state index is 11.3. The summed E-state index contributed by atoms with van der Waals surface area (Å²) >= 11 is 0. The number of nitrogens with zero attached hydrogens (tertiary/aromatic N) is 5. The second kappa shape index (κ2) is 8.57. The number of methoxy groups -OCH3 is 1. The first-order chi connectivity index (χ1) is 14.2. The molecule has 4 rings (SSSR count). The Kier molecular flexibility index (Phi) is 5.71. The van der Waals surface area contributed by atoms with Crippen molar-refractivity contribution in [2.45, 2.75) is 25.7 Å². The van der Waals surface area contributed by atoms with E-state index in [0.29, 0.717) is 32.5 Å². The average Bonchev–Trinajstić information content (AvgIpc) is 3.22. The van der Waals surface area contributed by atoms with E-state index in [-0.39, 0.29) is 5.92 Å². The van der Waals surface area contributed by atoms with Crippen molar-refractivity contribution < 1.29 is 14.6 Å². The molecule has 0 spiro atoms. The standard InChI is InChI=1S/C21H25N5O3/c1-29-12-2-3-17-13-23-19(16-4-5-18-22-8-11-26(18)14-16)20(24-17)25-9-6-15(7-10-25)21(27)28/h4-5,8,11,13-15H,2-3,6-7,9-10,12H2,1H3,(H,27,28). The van der Waals surface area contributed by atoms with E-state index in [1.165, 1.54) is 0 Å². The molecule has 0 radical (unpaired) electrons. The molecule has 152 valence electrons. The fourth-order valence-corrected chi connectivity index (χ4v) is 3.76. The van der Waals surface area contributed by atoms with Crippen molar-refractivity contribution in [2.24, 2.45) is 5.92 Å². The summed E-state index contributed by atoms with van der Waals surface area (Å²) in [6, 6.07) is 3.97. The predicted molar refractivity (Wildman–Crippen MR) is 109 cm³/mol.